The van der Waals surface area contributed by atoms with Crippen molar-refractivity contribution in [1.29, 1.82) is 0 Å². The number of benzene rings is 1. The quantitative estimate of drug-likeness (QED) is 0.448. The number of methoxy groups -OCH3 is 2. The van der Waals surface area contributed by atoms with Gasteiger partial charge in [-0.3, -0.25) is 14.2 Å². The highest BCUT2D eigenvalue weighted by molar-refractivity contribution is 5.89. The summed E-state index contributed by atoms with van der Waals surface area (Å²) in [5.74, 6) is -0.463. The molecule has 3 heterocycles. The van der Waals surface area contributed by atoms with Crippen LogP contribution in [0.25, 0.3) is 22.4 Å². The van der Waals surface area contributed by atoms with Gasteiger partial charge in [0.05, 0.1) is 39.3 Å². The molecule has 0 fully saturated rings. The molecule has 0 unspecified atom stereocenters. The number of esters is 2. The number of carbonyl (C=O) groups is 2. The summed E-state index contributed by atoms with van der Waals surface area (Å²) in [7, 11) is 2.83. The minimum absolute atomic E-state index is 0.0273. The van der Waals surface area contributed by atoms with Crippen molar-refractivity contribution in [2.75, 3.05) is 25.8 Å². The first-order valence-corrected chi connectivity index (χ1v) is 12.1. The Morgan fingerprint density at radius 2 is 1.84 bits per heavy atom. The van der Waals surface area contributed by atoms with Crippen LogP contribution in [0.1, 0.15) is 50.5 Å². The lowest BCUT2D eigenvalue weighted by atomic mass is 9.95. The first kappa shape index (κ1) is 26.0. The summed E-state index contributed by atoms with van der Waals surface area (Å²) in [5.41, 5.74) is 2.60. The van der Waals surface area contributed by atoms with Crippen LogP contribution >= 0.6 is 0 Å². The largest absolute Gasteiger partial charge is 0.496 e. The van der Waals surface area contributed by atoms with Gasteiger partial charge in [0.15, 0.2) is 11.0 Å². The summed E-state index contributed by atoms with van der Waals surface area (Å²) >= 11 is 0. The van der Waals surface area contributed by atoms with Crippen molar-refractivity contribution in [3.8, 4) is 28.1 Å². The molecule has 1 aliphatic heterocycles. The predicted octanol–water partition coefficient (Wildman–Crippen LogP) is 3.33. The minimum Gasteiger partial charge on any atom is -0.496 e. The first-order valence-electron chi connectivity index (χ1n) is 12.1. The van der Waals surface area contributed by atoms with Gasteiger partial charge in [0.2, 0.25) is 0 Å². The van der Waals surface area contributed by atoms with E-state index in [1.54, 1.807) is 45.0 Å². The van der Waals surface area contributed by atoms with Crippen LogP contribution in [0.2, 0.25) is 0 Å². The highest BCUT2D eigenvalue weighted by atomic mass is 16.5. The fourth-order valence-corrected chi connectivity index (χ4v) is 4.44. The maximum atomic E-state index is 12.8. The molecule has 0 bridgehead atoms. The first-order chi connectivity index (χ1) is 17.5. The summed E-state index contributed by atoms with van der Waals surface area (Å²) in [6.07, 6.45) is 5.02. The number of fused-ring (bicyclic) bond motifs is 3. The van der Waals surface area contributed by atoms with E-state index < -0.39 is 16.9 Å². The van der Waals surface area contributed by atoms with Crippen LogP contribution in [-0.4, -0.2) is 53.3 Å². The number of ether oxygens (including phenoxy) is 3. The van der Waals surface area contributed by atoms with Gasteiger partial charge in [0, 0.05) is 41.2 Å². The Hall–Kier alpha value is -4.08. The lowest BCUT2D eigenvalue weighted by Crippen LogP contribution is -2.44. The van der Waals surface area contributed by atoms with Crippen molar-refractivity contribution in [3.05, 3.63) is 58.1 Å². The van der Waals surface area contributed by atoms with Crippen LogP contribution < -0.4 is 15.2 Å². The van der Waals surface area contributed by atoms with Gasteiger partial charge in [0.25, 0.3) is 0 Å². The van der Waals surface area contributed by atoms with Crippen molar-refractivity contribution >= 4 is 11.9 Å². The molecule has 0 saturated carbocycles. The molecule has 0 N–H and O–H groups in total. The molecule has 37 heavy (non-hydrogen) atoms. The zero-order valence-electron chi connectivity index (χ0n) is 22.2. The zero-order chi connectivity index (χ0) is 27.1. The molecule has 0 amide bonds. The van der Waals surface area contributed by atoms with Crippen LogP contribution in [-0.2, 0) is 26.4 Å². The predicted molar refractivity (Wildman–Crippen MR) is 138 cm³/mol. The van der Waals surface area contributed by atoms with Gasteiger partial charge in [-0.05, 0) is 52.3 Å². The third-order valence-electron chi connectivity index (χ3n) is 6.58. The topological polar surface area (TPSA) is 105 Å². The molecular weight excluding hydrogens is 476 g/mol. The number of pyridine rings is 1. The van der Waals surface area contributed by atoms with Crippen molar-refractivity contribution in [1.82, 2.24) is 14.5 Å². The van der Waals surface area contributed by atoms with Gasteiger partial charge in [0.1, 0.15) is 11.3 Å². The highest BCUT2D eigenvalue weighted by Crippen LogP contribution is 2.40. The van der Waals surface area contributed by atoms with E-state index in [2.05, 4.69) is 10.1 Å². The van der Waals surface area contributed by atoms with Gasteiger partial charge in [-0.2, -0.15) is 5.10 Å². The van der Waals surface area contributed by atoms with E-state index >= 15 is 0 Å². The molecule has 2 aromatic heterocycles. The van der Waals surface area contributed by atoms with E-state index in [0.717, 1.165) is 22.3 Å². The number of hydrogen-bond donors (Lipinski definition) is 0. The van der Waals surface area contributed by atoms with Gasteiger partial charge in [-0.25, -0.2) is 9.59 Å². The van der Waals surface area contributed by atoms with Crippen LogP contribution in [0.4, 0.5) is 0 Å². The minimum atomic E-state index is -0.985. The molecule has 0 atom stereocenters. The van der Waals surface area contributed by atoms with E-state index in [1.165, 1.54) is 19.4 Å². The van der Waals surface area contributed by atoms with Gasteiger partial charge < -0.3 is 19.2 Å². The van der Waals surface area contributed by atoms with Crippen molar-refractivity contribution in [2.45, 2.75) is 52.7 Å². The number of hydrogen-bond acceptors (Lipinski definition) is 8. The fourth-order valence-electron chi connectivity index (χ4n) is 4.44. The Morgan fingerprint density at radius 3 is 2.46 bits per heavy atom. The smallest absolute Gasteiger partial charge is 0.343 e. The Balaban J connectivity index is 1.85. The van der Waals surface area contributed by atoms with E-state index in [-0.39, 0.29) is 24.2 Å². The third kappa shape index (κ3) is 4.47. The van der Waals surface area contributed by atoms with Gasteiger partial charge in [-0.15, -0.1) is 0 Å². The fraction of sp³-hybridized carbons (Fsp3) is 0.407. The molecule has 0 saturated heterocycles. The average molecular weight is 509 g/mol. The summed E-state index contributed by atoms with van der Waals surface area (Å²) in [6.45, 7) is 10.2. The molecule has 0 spiro atoms. The molecule has 3 aromatic rings. The third-order valence-corrected chi connectivity index (χ3v) is 6.58. The second-order valence-corrected chi connectivity index (χ2v) is 9.63. The molecule has 196 valence electrons. The second kappa shape index (κ2) is 9.76. The number of aromatic nitrogens is 3. The maximum Gasteiger partial charge on any atom is 0.343 e. The van der Waals surface area contributed by atoms with Crippen LogP contribution in [0.5, 0.6) is 5.75 Å². The van der Waals surface area contributed by atoms with Crippen LogP contribution in [0, 0.1) is 0 Å². The lowest BCUT2D eigenvalue weighted by Gasteiger charge is -2.38. The Morgan fingerprint density at radius 1 is 1.11 bits per heavy atom. The van der Waals surface area contributed by atoms with E-state index in [0.29, 0.717) is 18.0 Å². The molecule has 1 aromatic carbocycles. The summed E-state index contributed by atoms with van der Waals surface area (Å²) in [5, 5.41) is 6.50. The average Bonchev–Trinajstić information content (AvgIpc) is 3.37. The molecule has 0 aliphatic carbocycles. The summed E-state index contributed by atoms with van der Waals surface area (Å²) < 4.78 is 19.2. The van der Waals surface area contributed by atoms with Gasteiger partial charge in [-0.1, -0.05) is 0 Å². The van der Waals surface area contributed by atoms with Crippen molar-refractivity contribution in [2.24, 2.45) is 0 Å². The van der Waals surface area contributed by atoms with E-state index in [4.69, 9.17) is 14.2 Å². The SMILES string of the molecule is CCOC(=O)C(C)(C)n1cc(-c2cc3c(cc2OC)-c2cc(=O)c(C(=O)OC)cn2N(C(C)C)C3)cn1. The monoisotopic (exact) mass is 508 g/mol. The van der Waals surface area contributed by atoms with E-state index in [1.807, 2.05) is 30.7 Å². The maximum absolute atomic E-state index is 12.8. The molecule has 0 radical (unpaired) electrons. The zero-order valence-corrected chi connectivity index (χ0v) is 22.2. The standard InChI is InChI=1S/C27H32N4O6/c1-8-37-26(34)27(4,5)31-14-18(12-28-31)20-9-17-13-29(16(2)3)30-15-21(25(33)36-7)23(32)11-22(30)19(17)10-24(20)35-6/h9-12,14-16H,8,13H2,1-7H3. The number of carbonyl (C=O) groups excluding carboxylic acids is 2. The Labute approximate surface area is 215 Å². The lowest BCUT2D eigenvalue weighted by molar-refractivity contribution is -0.152. The molecule has 10 nitrogen and oxygen atoms in total. The van der Waals surface area contributed by atoms with E-state index in [9.17, 15) is 14.4 Å². The molecule has 4 rings (SSSR count). The van der Waals surface area contributed by atoms with Crippen LogP contribution in [0.15, 0.2) is 41.6 Å². The second-order valence-electron chi connectivity index (χ2n) is 9.63. The number of rotatable bonds is 7. The Bertz CT molecular complexity index is 1420. The summed E-state index contributed by atoms with van der Waals surface area (Å²) in [6, 6.07) is 5.43. The normalized spacial score (nSPS) is 12.7. The van der Waals surface area contributed by atoms with Gasteiger partial charge >= 0.3 is 11.9 Å². The molecular formula is C27H32N4O6. The van der Waals surface area contributed by atoms with Crippen LogP contribution in [0.3, 0.4) is 0 Å². The summed E-state index contributed by atoms with van der Waals surface area (Å²) in [4.78, 5) is 37.5. The molecule has 1 aliphatic rings. The van der Waals surface area contributed by atoms with Crippen molar-refractivity contribution < 1.29 is 23.8 Å². The Kier molecular flexibility index (Phi) is 6.86. The molecule has 10 heteroatoms. The number of nitrogens with zero attached hydrogens (tertiary/aromatic N) is 4. The highest BCUT2D eigenvalue weighted by Gasteiger charge is 2.33. The van der Waals surface area contributed by atoms with Crippen molar-refractivity contribution in [3.63, 3.8) is 0 Å².